The smallest absolute Gasteiger partial charge is 0.291 e. The summed E-state index contributed by atoms with van der Waals surface area (Å²) in [7, 11) is 0. The van der Waals surface area contributed by atoms with E-state index in [4.69, 9.17) is 11.6 Å². The summed E-state index contributed by atoms with van der Waals surface area (Å²) in [5.74, 6) is 0.590. The highest BCUT2D eigenvalue weighted by Crippen LogP contribution is 2.30. The maximum atomic E-state index is 12.4. The van der Waals surface area contributed by atoms with Gasteiger partial charge in [-0.1, -0.05) is 11.6 Å². The summed E-state index contributed by atoms with van der Waals surface area (Å²) in [5, 5.41) is 7.68. The van der Waals surface area contributed by atoms with Crippen molar-refractivity contribution in [1.82, 2.24) is 19.3 Å². The van der Waals surface area contributed by atoms with E-state index in [2.05, 4.69) is 15.4 Å². The Labute approximate surface area is 127 Å². The Bertz CT molecular complexity index is 662. The van der Waals surface area contributed by atoms with Gasteiger partial charge < -0.3 is 9.88 Å². The van der Waals surface area contributed by atoms with E-state index in [-0.39, 0.29) is 11.6 Å². The quantitative estimate of drug-likeness (QED) is 0.886. The van der Waals surface area contributed by atoms with Crippen LogP contribution in [0.5, 0.6) is 0 Å². The molecule has 0 radical (unpaired) electrons. The largest absolute Gasteiger partial charge is 0.375 e. The average Bonchev–Trinajstić information content (AvgIpc) is 3.13. The van der Waals surface area contributed by atoms with Crippen LogP contribution in [0.2, 0.25) is 5.02 Å². The molecule has 0 saturated heterocycles. The van der Waals surface area contributed by atoms with Gasteiger partial charge >= 0.3 is 0 Å². The van der Waals surface area contributed by atoms with Crippen molar-refractivity contribution in [2.75, 3.05) is 5.32 Å². The number of nitrogens with zero attached hydrogens (tertiary/aromatic N) is 4. The van der Waals surface area contributed by atoms with Crippen molar-refractivity contribution in [1.29, 1.82) is 0 Å². The van der Waals surface area contributed by atoms with Gasteiger partial charge in [-0.15, -0.1) is 0 Å². The van der Waals surface area contributed by atoms with Crippen LogP contribution in [0.4, 0.5) is 5.69 Å². The van der Waals surface area contributed by atoms with E-state index < -0.39 is 0 Å². The first-order valence-corrected chi connectivity index (χ1v) is 7.49. The van der Waals surface area contributed by atoms with Crippen molar-refractivity contribution < 1.29 is 0 Å². The predicted octanol–water partition coefficient (Wildman–Crippen LogP) is 2.00. The summed E-state index contributed by atoms with van der Waals surface area (Å²) >= 11 is 6.12. The monoisotopic (exact) mass is 307 g/mol. The number of rotatable bonds is 6. The first kappa shape index (κ1) is 14.1. The Hall–Kier alpha value is -1.82. The van der Waals surface area contributed by atoms with Crippen LogP contribution in [0, 0.1) is 5.92 Å². The maximum Gasteiger partial charge on any atom is 0.291 e. The second-order valence-corrected chi connectivity index (χ2v) is 6.01. The van der Waals surface area contributed by atoms with Gasteiger partial charge in [-0.05, 0) is 25.7 Å². The summed E-state index contributed by atoms with van der Waals surface area (Å²) in [5.41, 5.74) is 0.284. The molecular formula is C14H18ClN5O. The second-order valence-electron chi connectivity index (χ2n) is 5.60. The summed E-state index contributed by atoms with van der Waals surface area (Å²) in [6.07, 6.45) is 9.26. The zero-order valence-electron chi connectivity index (χ0n) is 11.9. The summed E-state index contributed by atoms with van der Waals surface area (Å²) in [4.78, 5) is 16.4. The molecule has 0 amide bonds. The summed E-state index contributed by atoms with van der Waals surface area (Å²) < 4.78 is 3.46. The zero-order chi connectivity index (χ0) is 14.8. The topological polar surface area (TPSA) is 64.7 Å². The number of anilines is 1. The number of hydrogen-bond acceptors (Lipinski definition) is 4. The molecule has 6 nitrogen and oxygen atoms in total. The molecule has 2 aromatic rings. The van der Waals surface area contributed by atoms with Crippen LogP contribution in [0.15, 0.2) is 29.7 Å². The molecule has 21 heavy (non-hydrogen) atoms. The van der Waals surface area contributed by atoms with Gasteiger partial charge in [0.15, 0.2) is 0 Å². The number of hydrogen-bond donors (Lipinski definition) is 1. The molecule has 1 N–H and O–H groups in total. The highest BCUT2D eigenvalue weighted by molar-refractivity contribution is 6.33. The third kappa shape index (κ3) is 3.44. The third-order valence-corrected chi connectivity index (χ3v) is 3.85. The molecule has 1 unspecified atom stereocenters. The first-order valence-electron chi connectivity index (χ1n) is 7.11. The molecule has 0 aromatic carbocycles. The molecule has 1 fully saturated rings. The van der Waals surface area contributed by atoms with E-state index in [1.165, 1.54) is 23.7 Å². The first-order chi connectivity index (χ1) is 10.1. The Kier molecular flexibility index (Phi) is 3.96. The molecule has 2 aromatic heterocycles. The van der Waals surface area contributed by atoms with Gasteiger partial charge in [0.2, 0.25) is 0 Å². The molecule has 1 atom stereocenters. The number of nitrogens with one attached hydrogen (secondary N) is 1. The van der Waals surface area contributed by atoms with Crippen LogP contribution in [-0.2, 0) is 13.1 Å². The average molecular weight is 308 g/mol. The molecule has 0 bridgehead atoms. The van der Waals surface area contributed by atoms with Gasteiger partial charge in [0.05, 0.1) is 17.5 Å². The zero-order valence-corrected chi connectivity index (χ0v) is 12.6. The van der Waals surface area contributed by atoms with E-state index in [0.29, 0.717) is 29.7 Å². The van der Waals surface area contributed by atoms with Gasteiger partial charge in [-0.3, -0.25) is 4.79 Å². The third-order valence-electron chi connectivity index (χ3n) is 3.56. The summed E-state index contributed by atoms with van der Waals surface area (Å²) in [6.45, 7) is 3.39. The van der Waals surface area contributed by atoms with E-state index in [1.54, 1.807) is 12.5 Å². The molecule has 0 aliphatic heterocycles. The van der Waals surface area contributed by atoms with E-state index in [9.17, 15) is 4.79 Å². The molecule has 3 rings (SSSR count). The molecule has 1 aliphatic carbocycles. The predicted molar refractivity (Wildman–Crippen MR) is 81.5 cm³/mol. The lowest BCUT2D eigenvalue weighted by molar-refractivity contribution is 0.532. The molecule has 1 saturated carbocycles. The molecule has 0 spiro atoms. The van der Waals surface area contributed by atoms with Crippen LogP contribution in [0.3, 0.4) is 0 Å². The maximum absolute atomic E-state index is 12.4. The standard InChI is InChI=1S/C14H18ClN5O/c1-10(7-19-5-4-16-9-19)18-13-12(15)6-17-20(14(13)21)8-11-2-3-11/h4-6,9-11,18H,2-3,7-8H2,1H3. The summed E-state index contributed by atoms with van der Waals surface area (Å²) in [6, 6.07) is 0.0566. The lowest BCUT2D eigenvalue weighted by atomic mass is 10.3. The minimum atomic E-state index is -0.146. The lowest BCUT2D eigenvalue weighted by Crippen LogP contribution is -2.31. The molecule has 112 valence electrons. The van der Waals surface area contributed by atoms with Crippen molar-refractivity contribution >= 4 is 17.3 Å². The van der Waals surface area contributed by atoms with Gasteiger partial charge in [0.1, 0.15) is 5.69 Å². The molecule has 1 aliphatic rings. The van der Waals surface area contributed by atoms with Gasteiger partial charge in [0, 0.05) is 31.5 Å². The Balaban J connectivity index is 1.75. The Morgan fingerprint density at radius 3 is 3.00 bits per heavy atom. The van der Waals surface area contributed by atoms with Crippen LogP contribution in [0.25, 0.3) is 0 Å². The number of imidazole rings is 1. The lowest BCUT2D eigenvalue weighted by Gasteiger charge is -2.17. The van der Waals surface area contributed by atoms with Crippen molar-refractivity contribution in [2.45, 2.75) is 38.9 Å². The molecule has 7 heteroatoms. The fourth-order valence-electron chi connectivity index (χ4n) is 2.28. The van der Waals surface area contributed by atoms with Crippen molar-refractivity contribution in [2.24, 2.45) is 5.92 Å². The second kappa shape index (κ2) is 5.89. The van der Waals surface area contributed by atoms with E-state index in [1.807, 2.05) is 17.7 Å². The van der Waals surface area contributed by atoms with Crippen LogP contribution in [0.1, 0.15) is 19.8 Å². The SMILES string of the molecule is CC(Cn1ccnc1)Nc1c(Cl)cnn(CC2CC2)c1=O. The van der Waals surface area contributed by atoms with Crippen LogP contribution >= 0.6 is 11.6 Å². The molecule has 2 heterocycles. The Morgan fingerprint density at radius 1 is 1.52 bits per heavy atom. The fraction of sp³-hybridized carbons (Fsp3) is 0.500. The number of aromatic nitrogens is 4. The van der Waals surface area contributed by atoms with Gasteiger partial charge in [-0.25, -0.2) is 9.67 Å². The van der Waals surface area contributed by atoms with Crippen molar-refractivity contribution in [3.63, 3.8) is 0 Å². The van der Waals surface area contributed by atoms with Gasteiger partial charge in [-0.2, -0.15) is 5.10 Å². The van der Waals surface area contributed by atoms with Crippen molar-refractivity contribution in [3.8, 4) is 0 Å². The number of halogens is 1. The van der Waals surface area contributed by atoms with Crippen LogP contribution < -0.4 is 10.9 Å². The minimum Gasteiger partial charge on any atom is -0.375 e. The van der Waals surface area contributed by atoms with Crippen LogP contribution in [-0.4, -0.2) is 25.4 Å². The highest BCUT2D eigenvalue weighted by Gasteiger charge is 2.23. The van der Waals surface area contributed by atoms with Crippen molar-refractivity contribution in [3.05, 3.63) is 40.3 Å². The van der Waals surface area contributed by atoms with Gasteiger partial charge in [0.25, 0.3) is 5.56 Å². The fourth-order valence-corrected chi connectivity index (χ4v) is 2.46. The minimum absolute atomic E-state index is 0.0566. The Morgan fingerprint density at radius 2 is 2.33 bits per heavy atom. The van der Waals surface area contributed by atoms with E-state index >= 15 is 0 Å². The normalized spacial score (nSPS) is 15.9. The van der Waals surface area contributed by atoms with E-state index in [0.717, 1.165) is 0 Å². The molecular weight excluding hydrogens is 290 g/mol. The highest BCUT2D eigenvalue weighted by atomic mass is 35.5.